The molecule has 2 heterocycles. The van der Waals surface area contributed by atoms with Crippen LogP contribution in [0.25, 0.3) is 11.4 Å². The Labute approximate surface area is 193 Å². The van der Waals surface area contributed by atoms with Crippen molar-refractivity contribution in [1.82, 2.24) is 14.8 Å². The van der Waals surface area contributed by atoms with E-state index in [1.54, 1.807) is 12.1 Å². The van der Waals surface area contributed by atoms with Crippen LogP contribution in [0.1, 0.15) is 68.1 Å². The van der Waals surface area contributed by atoms with Gasteiger partial charge in [-0.3, -0.25) is 9.69 Å². The summed E-state index contributed by atoms with van der Waals surface area (Å²) in [5.74, 6) is 1.26. The van der Waals surface area contributed by atoms with Gasteiger partial charge in [0.1, 0.15) is 5.82 Å². The molecule has 0 bridgehead atoms. The van der Waals surface area contributed by atoms with Crippen molar-refractivity contribution < 1.29 is 9.18 Å². The Morgan fingerprint density at radius 1 is 0.909 bits per heavy atom. The van der Waals surface area contributed by atoms with Gasteiger partial charge >= 0.3 is 0 Å². The third kappa shape index (κ3) is 3.30. The first kappa shape index (κ1) is 20.6. The van der Waals surface area contributed by atoms with Gasteiger partial charge in [0, 0.05) is 23.1 Å². The maximum absolute atomic E-state index is 13.9. The highest BCUT2D eigenvalue weighted by atomic mass is 19.1. The van der Waals surface area contributed by atoms with Gasteiger partial charge in [0.25, 0.3) is 5.91 Å². The zero-order chi connectivity index (χ0) is 22.4. The number of anilines is 1. The number of halogens is 1. The quantitative estimate of drug-likeness (QED) is 0.490. The molecule has 2 fully saturated rings. The third-order valence-corrected chi connectivity index (χ3v) is 8.04. The van der Waals surface area contributed by atoms with E-state index in [-0.39, 0.29) is 23.3 Å². The Balaban J connectivity index is 1.54. The molecular formula is C27H29FN4O. The molecule has 0 radical (unpaired) electrons. The van der Waals surface area contributed by atoms with Crippen LogP contribution in [0.4, 0.5) is 10.3 Å². The Hall–Kier alpha value is -3.02. The van der Waals surface area contributed by atoms with E-state index in [2.05, 4.69) is 4.68 Å². The topological polar surface area (TPSA) is 51.0 Å². The van der Waals surface area contributed by atoms with E-state index < -0.39 is 0 Å². The zero-order valence-electron chi connectivity index (χ0n) is 18.8. The van der Waals surface area contributed by atoms with Crippen LogP contribution in [0.15, 0.2) is 54.6 Å². The number of amides is 1. The Morgan fingerprint density at radius 3 is 2.39 bits per heavy atom. The van der Waals surface area contributed by atoms with Gasteiger partial charge in [0.15, 0.2) is 5.82 Å². The first-order chi connectivity index (χ1) is 16.2. The molecule has 2 saturated carbocycles. The van der Waals surface area contributed by atoms with E-state index in [4.69, 9.17) is 10.1 Å². The number of carbonyl (C=O) groups is 1. The van der Waals surface area contributed by atoms with E-state index in [0.29, 0.717) is 23.3 Å². The summed E-state index contributed by atoms with van der Waals surface area (Å²) >= 11 is 0. The minimum Gasteiger partial charge on any atom is -0.273 e. The predicted molar refractivity (Wildman–Crippen MR) is 125 cm³/mol. The summed E-state index contributed by atoms with van der Waals surface area (Å²) in [5.41, 5.74) is 1.39. The first-order valence-corrected chi connectivity index (χ1v) is 12.3. The van der Waals surface area contributed by atoms with E-state index in [0.717, 1.165) is 37.7 Å². The zero-order valence-corrected chi connectivity index (χ0v) is 18.8. The van der Waals surface area contributed by atoms with Crippen LogP contribution < -0.4 is 4.90 Å². The molecule has 1 aromatic heterocycles. The molecule has 2 atom stereocenters. The Bertz CT molecular complexity index is 1150. The highest BCUT2D eigenvalue weighted by molar-refractivity contribution is 6.06. The van der Waals surface area contributed by atoms with E-state index in [1.807, 2.05) is 35.2 Å². The molecule has 170 valence electrons. The van der Waals surface area contributed by atoms with Crippen molar-refractivity contribution in [3.05, 3.63) is 66.0 Å². The fourth-order valence-corrected chi connectivity index (χ4v) is 6.54. The Morgan fingerprint density at radius 2 is 1.64 bits per heavy atom. The maximum Gasteiger partial charge on any atom is 0.260 e. The summed E-state index contributed by atoms with van der Waals surface area (Å²) < 4.78 is 15.7. The van der Waals surface area contributed by atoms with Crippen molar-refractivity contribution in [1.29, 1.82) is 0 Å². The lowest BCUT2D eigenvalue weighted by atomic mass is 9.64. The summed E-state index contributed by atoms with van der Waals surface area (Å²) in [5, 5.41) is 5.08. The molecule has 2 aliphatic carbocycles. The number of hydrogen-bond acceptors (Lipinski definition) is 3. The van der Waals surface area contributed by atoms with Crippen molar-refractivity contribution >= 4 is 11.9 Å². The van der Waals surface area contributed by atoms with Crippen LogP contribution >= 0.6 is 0 Å². The van der Waals surface area contributed by atoms with Crippen LogP contribution in [-0.2, 0) is 5.54 Å². The lowest BCUT2D eigenvalue weighted by Crippen LogP contribution is -2.61. The minimum absolute atomic E-state index is 0.0712. The van der Waals surface area contributed by atoms with Crippen LogP contribution in [0, 0.1) is 11.7 Å². The second-order valence-corrected chi connectivity index (χ2v) is 9.82. The second-order valence-electron chi connectivity index (χ2n) is 9.82. The van der Waals surface area contributed by atoms with Crippen LogP contribution in [-0.4, -0.2) is 26.7 Å². The van der Waals surface area contributed by atoms with Crippen molar-refractivity contribution in [2.24, 2.45) is 5.92 Å². The summed E-state index contributed by atoms with van der Waals surface area (Å²) in [4.78, 5) is 20.8. The molecule has 2 unspecified atom stereocenters. The fourth-order valence-electron chi connectivity index (χ4n) is 6.54. The molecule has 1 amide bonds. The van der Waals surface area contributed by atoms with Gasteiger partial charge in [-0.15, -0.1) is 5.10 Å². The molecule has 3 aromatic rings. The van der Waals surface area contributed by atoms with E-state index >= 15 is 0 Å². The van der Waals surface area contributed by atoms with Gasteiger partial charge in [-0.1, -0.05) is 62.4 Å². The molecule has 3 aliphatic rings. The second kappa shape index (κ2) is 8.08. The molecule has 1 spiro atoms. The van der Waals surface area contributed by atoms with Crippen LogP contribution in [0.2, 0.25) is 0 Å². The molecule has 33 heavy (non-hydrogen) atoms. The third-order valence-electron chi connectivity index (χ3n) is 8.04. The average Bonchev–Trinajstić information content (AvgIpc) is 3.32. The average molecular weight is 445 g/mol. The SMILES string of the molecule is O=C(c1ccc(F)cc1)N1c2nc(-c3ccccc3)nn2C2(CCCCC2)C2CCCCC21. The largest absolute Gasteiger partial charge is 0.273 e. The van der Waals surface area contributed by atoms with Crippen LogP contribution in [0.3, 0.4) is 0 Å². The highest BCUT2D eigenvalue weighted by Gasteiger charge is 2.55. The van der Waals surface area contributed by atoms with Crippen molar-refractivity contribution in [3.63, 3.8) is 0 Å². The van der Waals surface area contributed by atoms with Crippen LogP contribution in [0.5, 0.6) is 0 Å². The normalized spacial score (nSPS) is 23.7. The fraction of sp³-hybridized carbons (Fsp3) is 0.444. The summed E-state index contributed by atoms with van der Waals surface area (Å²) in [6.45, 7) is 0. The molecule has 6 rings (SSSR count). The predicted octanol–water partition coefficient (Wildman–Crippen LogP) is 5.96. The van der Waals surface area contributed by atoms with Gasteiger partial charge in [0.05, 0.1) is 5.54 Å². The molecule has 0 N–H and O–H groups in total. The van der Waals surface area contributed by atoms with E-state index in [1.165, 1.54) is 37.8 Å². The van der Waals surface area contributed by atoms with Gasteiger partial charge in [-0.2, -0.15) is 4.98 Å². The van der Waals surface area contributed by atoms with Gasteiger partial charge < -0.3 is 0 Å². The van der Waals surface area contributed by atoms with Gasteiger partial charge in [-0.05, 0) is 49.9 Å². The molecule has 0 saturated heterocycles. The van der Waals surface area contributed by atoms with Crippen molar-refractivity contribution in [2.75, 3.05) is 4.90 Å². The summed E-state index contributed by atoms with van der Waals surface area (Å²) in [7, 11) is 0. The molecule has 2 aromatic carbocycles. The number of aromatic nitrogens is 3. The van der Waals surface area contributed by atoms with E-state index in [9.17, 15) is 9.18 Å². The smallest absolute Gasteiger partial charge is 0.260 e. The lowest BCUT2D eigenvalue weighted by Gasteiger charge is -2.55. The molecule has 6 heteroatoms. The standard InChI is InChI=1S/C27H29FN4O/c28-21-15-13-20(14-16-21)25(33)31-23-12-6-5-11-22(23)27(17-7-2-8-18-27)32-26(31)29-24(30-32)19-9-3-1-4-10-19/h1,3-4,9-10,13-16,22-23H,2,5-8,11-12,17-18H2. The maximum atomic E-state index is 13.9. The molecule has 5 nitrogen and oxygen atoms in total. The molecule has 1 aliphatic heterocycles. The first-order valence-electron chi connectivity index (χ1n) is 12.3. The minimum atomic E-state index is -0.337. The monoisotopic (exact) mass is 444 g/mol. The number of nitrogens with zero attached hydrogens (tertiary/aromatic N) is 4. The number of fused-ring (bicyclic) bond motifs is 4. The van der Waals surface area contributed by atoms with Crippen molar-refractivity contribution in [2.45, 2.75) is 69.4 Å². The van der Waals surface area contributed by atoms with Gasteiger partial charge in [0.2, 0.25) is 5.95 Å². The Kier molecular flexibility index (Phi) is 5.04. The number of benzene rings is 2. The molecular weight excluding hydrogens is 415 g/mol. The summed E-state index contributed by atoms with van der Waals surface area (Å²) in [6, 6.07) is 16.0. The van der Waals surface area contributed by atoms with Gasteiger partial charge in [-0.25, -0.2) is 9.07 Å². The number of carbonyl (C=O) groups excluding carboxylic acids is 1. The number of rotatable bonds is 2. The highest BCUT2D eigenvalue weighted by Crippen LogP contribution is 2.53. The number of hydrogen-bond donors (Lipinski definition) is 0. The van der Waals surface area contributed by atoms with Crippen molar-refractivity contribution in [3.8, 4) is 11.4 Å². The lowest BCUT2D eigenvalue weighted by molar-refractivity contribution is 0.0314. The summed E-state index contributed by atoms with van der Waals surface area (Å²) in [6.07, 6.45) is 10.2.